The Morgan fingerprint density at radius 3 is 2.27 bits per heavy atom. The topological polar surface area (TPSA) is 50.1 Å². The van der Waals surface area contributed by atoms with Crippen molar-refractivity contribution < 1.29 is 18.3 Å². The summed E-state index contributed by atoms with van der Waals surface area (Å²) in [5, 5.41) is 8.69. The van der Waals surface area contributed by atoms with Crippen molar-refractivity contribution in [3.63, 3.8) is 0 Å². The fourth-order valence-electron chi connectivity index (χ4n) is 3.12. The molecular formula is C17H21F2NO2. The minimum Gasteiger partial charge on any atom is -0.453 e. The molecule has 0 saturated heterocycles. The molecule has 0 spiro atoms. The molecule has 0 amide bonds. The van der Waals surface area contributed by atoms with Crippen LogP contribution in [-0.2, 0) is 9.53 Å². The van der Waals surface area contributed by atoms with E-state index in [1.807, 2.05) is 0 Å². The predicted octanol–water partition coefficient (Wildman–Crippen LogP) is 3.34. The van der Waals surface area contributed by atoms with Crippen molar-refractivity contribution in [2.75, 3.05) is 0 Å². The van der Waals surface area contributed by atoms with E-state index in [9.17, 15) is 13.6 Å². The van der Waals surface area contributed by atoms with Gasteiger partial charge in [-0.05, 0) is 31.6 Å². The highest BCUT2D eigenvalue weighted by Crippen LogP contribution is 2.31. The van der Waals surface area contributed by atoms with Gasteiger partial charge in [-0.3, -0.25) is 0 Å². The quantitative estimate of drug-likeness (QED) is 0.424. The summed E-state index contributed by atoms with van der Waals surface area (Å²) in [6.07, 6.45) is -0.109. The number of esters is 1. The van der Waals surface area contributed by atoms with Crippen LogP contribution in [0.25, 0.3) is 0 Å². The zero-order valence-corrected chi connectivity index (χ0v) is 12.7. The second-order valence-corrected chi connectivity index (χ2v) is 6.41. The number of ether oxygens (including phenoxy) is 1. The van der Waals surface area contributed by atoms with E-state index in [0.717, 1.165) is 25.7 Å². The van der Waals surface area contributed by atoms with Crippen molar-refractivity contribution in [2.45, 2.75) is 63.9 Å². The second kappa shape index (κ2) is 7.58. The van der Waals surface area contributed by atoms with Gasteiger partial charge in [0.2, 0.25) is 0 Å². The highest BCUT2D eigenvalue weighted by Gasteiger charge is 2.40. The van der Waals surface area contributed by atoms with Crippen LogP contribution in [0.15, 0.2) is 0 Å². The highest BCUT2D eigenvalue weighted by atomic mass is 19.1. The van der Waals surface area contributed by atoms with Crippen molar-refractivity contribution in [1.82, 2.24) is 0 Å². The van der Waals surface area contributed by atoms with E-state index in [0.29, 0.717) is 5.92 Å². The molecule has 2 atom stereocenters. The van der Waals surface area contributed by atoms with Crippen molar-refractivity contribution in [3.8, 4) is 17.9 Å². The minimum absolute atomic E-state index is 0.132. The molecule has 0 aliphatic heterocycles. The minimum atomic E-state index is -1.60. The number of carbonyl (C=O) groups is 1. The van der Waals surface area contributed by atoms with Gasteiger partial charge in [0.1, 0.15) is 24.4 Å². The van der Waals surface area contributed by atoms with Gasteiger partial charge in [-0.1, -0.05) is 12.8 Å². The summed E-state index contributed by atoms with van der Waals surface area (Å²) in [4.78, 5) is 11.7. The van der Waals surface area contributed by atoms with E-state index in [2.05, 4.69) is 18.8 Å². The lowest BCUT2D eigenvalue weighted by atomic mass is 9.83. The number of hydrogen-bond acceptors (Lipinski definition) is 3. The molecule has 2 unspecified atom stereocenters. The normalized spacial score (nSPS) is 38.3. The first-order chi connectivity index (χ1) is 10.5. The van der Waals surface area contributed by atoms with Crippen LogP contribution in [-0.4, -0.2) is 24.4 Å². The fourth-order valence-corrected chi connectivity index (χ4v) is 3.12. The molecule has 22 heavy (non-hydrogen) atoms. The van der Waals surface area contributed by atoms with Crippen molar-refractivity contribution in [1.29, 1.82) is 5.26 Å². The maximum atomic E-state index is 13.6. The number of nitriles is 1. The lowest BCUT2D eigenvalue weighted by Crippen LogP contribution is -2.39. The van der Waals surface area contributed by atoms with Gasteiger partial charge in [0, 0.05) is 24.7 Å². The zero-order chi connectivity index (χ0) is 16.1. The van der Waals surface area contributed by atoms with E-state index < -0.39 is 30.3 Å². The molecular weight excluding hydrogens is 288 g/mol. The lowest BCUT2D eigenvalue weighted by Gasteiger charge is -2.29. The molecule has 0 radical (unpaired) electrons. The van der Waals surface area contributed by atoms with Gasteiger partial charge in [0.25, 0.3) is 0 Å². The molecule has 3 nitrogen and oxygen atoms in total. The summed E-state index contributed by atoms with van der Waals surface area (Å²) < 4.78 is 32.3. The predicted molar refractivity (Wildman–Crippen MR) is 76.9 cm³/mol. The first-order valence-electron chi connectivity index (χ1n) is 7.89. The molecule has 2 saturated carbocycles. The van der Waals surface area contributed by atoms with Crippen LogP contribution in [0.5, 0.6) is 0 Å². The molecule has 2 aliphatic carbocycles. The van der Waals surface area contributed by atoms with Crippen LogP contribution in [0.3, 0.4) is 0 Å². The summed E-state index contributed by atoms with van der Waals surface area (Å²) in [6.45, 7) is 2.20. The van der Waals surface area contributed by atoms with Gasteiger partial charge < -0.3 is 4.74 Å². The molecule has 0 bridgehead atoms. The van der Waals surface area contributed by atoms with Crippen molar-refractivity contribution in [2.24, 2.45) is 17.8 Å². The average Bonchev–Trinajstić information content (AvgIpc) is 2.46. The fraction of sp³-hybridized carbons (Fsp3) is 0.765. The van der Waals surface area contributed by atoms with Crippen LogP contribution in [0.4, 0.5) is 8.78 Å². The third-order valence-corrected chi connectivity index (χ3v) is 4.57. The van der Waals surface area contributed by atoms with Crippen molar-refractivity contribution >= 4 is 5.97 Å². The largest absolute Gasteiger partial charge is 0.453 e. The zero-order valence-electron chi connectivity index (χ0n) is 12.7. The Kier molecular flexibility index (Phi) is 5.77. The van der Waals surface area contributed by atoms with Gasteiger partial charge in [0.15, 0.2) is 0 Å². The molecule has 0 N–H and O–H groups in total. The summed E-state index contributed by atoms with van der Waals surface area (Å²) in [5.74, 6) is 4.30. The average molecular weight is 309 g/mol. The third-order valence-electron chi connectivity index (χ3n) is 4.57. The van der Waals surface area contributed by atoms with E-state index in [1.54, 1.807) is 6.07 Å². The van der Waals surface area contributed by atoms with Crippen LogP contribution in [0, 0.1) is 40.9 Å². The maximum Gasteiger partial charge on any atom is 0.384 e. The Balaban J connectivity index is 1.82. The van der Waals surface area contributed by atoms with E-state index >= 15 is 0 Å². The van der Waals surface area contributed by atoms with Gasteiger partial charge in [-0.25, -0.2) is 13.6 Å². The Bertz CT molecular complexity index is 485. The second-order valence-electron chi connectivity index (χ2n) is 6.41. The number of rotatable bonds is 1. The Hall–Kier alpha value is -1.62. The Morgan fingerprint density at radius 2 is 1.73 bits per heavy atom. The number of carbonyl (C=O) groups excluding carboxylic acids is 1. The molecule has 2 fully saturated rings. The van der Waals surface area contributed by atoms with Crippen LogP contribution in [0.2, 0.25) is 0 Å². The first kappa shape index (κ1) is 16.7. The highest BCUT2D eigenvalue weighted by molar-refractivity contribution is 5.88. The molecule has 2 aliphatic rings. The SMILES string of the molecule is CC1CCC(C#CC(=O)OC2CC(F)C(C#N)C(F)C2)CC1. The standard InChI is InChI=1S/C17H21F2NO2/c1-11-2-4-12(5-3-11)6-7-17(21)22-13-8-15(18)14(10-20)16(19)9-13/h11-16H,2-5,8-9H2,1H3. The number of alkyl halides is 2. The third kappa shape index (κ3) is 4.44. The Morgan fingerprint density at radius 1 is 1.14 bits per heavy atom. The summed E-state index contributed by atoms with van der Waals surface area (Å²) >= 11 is 0. The van der Waals surface area contributed by atoms with Gasteiger partial charge in [0.05, 0.1) is 6.07 Å². The molecule has 120 valence electrons. The van der Waals surface area contributed by atoms with Gasteiger partial charge in [-0.15, -0.1) is 0 Å². The van der Waals surface area contributed by atoms with Gasteiger partial charge >= 0.3 is 5.97 Å². The number of hydrogen-bond donors (Lipinski definition) is 0. The summed E-state index contributed by atoms with van der Waals surface area (Å²) in [7, 11) is 0. The Labute approximate surface area is 130 Å². The molecule has 2 rings (SSSR count). The molecule has 5 heteroatoms. The monoisotopic (exact) mass is 309 g/mol. The number of halogens is 2. The van der Waals surface area contributed by atoms with E-state index in [4.69, 9.17) is 10.00 Å². The molecule has 0 heterocycles. The molecule has 0 aromatic rings. The van der Waals surface area contributed by atoms with Crippen LogP contribution >= 0.6 is 0 Å². The molecule has 0 aromatic carbocycles. The first-order valence-corrected chi connectivity index (χ1v) is 7.89. The van der Waals surface area contributed by atoms with Crippen LogP contribution in [0.1, 0.15) is 45.4 Å². The lowest BCUT2D eigenvalue weighted by molar-refractivity contribution is -0.146. The summed E-state index contributed by atoms with van der Waals surface area (Å²) in [6, 6.07) is 1.63. The summed E-state index contributed by atoms with van der Waals surface area (Å²) in [5.41, 5.74) is 0. The van der Waals surface area contributed by atoms with Crippen LogP contribution < -0.4 is 0 Å². The number of nitrogens with zero attached hydrogens (tertiary/aromatic N) is 1. The van der Waals surface area contributed by atoms with Crippen molar-refractivity contribution in [3.05, 3.63) is 0 Å². The molecule has 0 aromatic heterocycles. The maximum absolute atomic E-state index is 13.6. The van der Waals surface area contributed by atoms with E-state index in [-0.39, 0.29) is 18.8 Å². The van der Waals surface area contributed by atoms with E-state index in [1.165, 1.54) is 0 Å². The smallest absolute Gasteiger partial charge is 0.384 e. The van der Waals surface area contributed by atoms with Gasteiger partial charge in [-0.2, -0.15) is 5.26 Å².